The Kier molecular flexibility index (Phi) is 1.79. The zero-order chi connectivity index (χ0) is 6.69. The highest BCUT2D eigenvalue weighted by atomic mass is 32.1. The second-order valence-corrected chi connectivity index (χ2v) is 1.91. The molecule has 0 saturated carbocycles. The zero-order valence-corrected chi connectivity index (χ0v) is 5.85. The van der Waals surface area contributed by atoms with Crippen LogP contribution in [0.4, 0.5) is 0 Å². The molecule has 9 heavy (non-hydrogen) atoms. The summed E-state index contributed by atoms with van der Waals surface area (Å²) in [5.74, 6) is 0. The normalized spacial score (nSPS) is 9.00. The Bertz CT molecular complexity index is 192. The van der Waals surface area contributed by atoms with E-state index in [0.717, 1.165) is 0 Å². The minimum absolute atomic E-state index is 0.660. The third-order valence-corrected chi connectivity index (χ3v) is 1.37. The molecule has 1 rings (SSSR count). The van der Waals surface area contributed by atoms with Gasteiger partial charge >= 0.3 is 0 Å². The predicted octanol–water partition coefficient (Wildman–Crippen LogP) is 0.235. The van der Waals surface area contributed by atoms with Gasteiger partial charge in [-0.15, -0.1) is 0 Å². The van der Waals surface area contributed by atoms with Crippen LogP contribution in [0.2, 0.25) is 0 Å². The highest BCUT2D eigenvalue weighted by molar-refractivity contribution is 7.80. The van der Waals surface area contributed by atoms with Gasteiger partial charge in [0.25, 0.3) is 0 Å². The second-order valence-electron chi connectivity index (χ2n) is 1.53. The van der Waals surface area contributed by atoms with Gasteiger partial charge in [-0.05, 0) is 12.2 Å². The topological polar surface area (TPSA) is 29.9 Å². The number of thiocarbonyl (C=S) groups is 1. The van der Waals surface area contributed by atoms with Gasteiger partial charge in [0, 0.05) is 19.4 Å². The number of hydrogen-bond donors (Lipinski definition) is 1. The van der Waals surface area contributed by atoms with E-state index in [0.29, 0.717) is 5.11 Å². The Morgan fingerprint density at radius 2 is 2.56 bits per heavy atom. The van der Waals surface area contributed by atoms with Crippen LogP contribution in [0.5, 0.6) is 0 Å². The molecule has 0 radical (unpaired) electrons. The Morgan fingerprint density at radius 1 is 1.78 bits per heavy atom. The molecule has 4 heteroatoms. The lowest BCUT2D eigenvalue weighted by atomic mass is 10.8. The largest absolute Gasteiger partial charge is 0.365 e. The van der Waals surface area contributed by atoms with Gasteiger partial charge in [0.15, 0.2) is 5.11 Å². The molecule has 0 aliphatic carbocycles. The van der Waals surface area contributed by atoms with E-state index in [4.69, 9.17) is 12.2 Å². The standard InChI is InChI=1S/C5H7N3S/c1-6-5(9)8-3-2-7-4-8/h2-4H,1H3,(H,6,9). The predicted molar refractivity (Wildman–Crippen MR) is 39.3 cm³/mol. The monoisotopic (exact) mass is 141 g/mol. The van der Waals surface area contributed by atoms with Crippen molar-refractivity contribution in [1.29, 1.82) is 0 Å². The van der Waals surface area contributed by atoms with Gasteiger partial charge in [-0.2, -0.15) is 0 Å². The maximum atomic E-state index is 4.89. The number of imidazole rings is 1. The molecule has 3 nitrogen and oxygen atoms in total. The van der Waals surface area contributed by atoms with Gasteiger partial charge in [-0.1, -0.05) is 0 Å². The van der Waals surface area contributed by atoms with Crippen LogP contribution in [-0.4, -0.2) is 21.7 Å². The Hall–Kier alpha value is -0.900. The fraction of sp³-hybridized carbons (Fsp3) is 0.200. The van der Waals surface area contributed by atoms with Crippen molar-refractivity contribution in [3.63, 3.8) is 0 Å². The van der Waals surface area contributed by atoms with Gasteiger partial charge in [0.1, 0.15) is 6.33 Å². The van der Waals surface area contributed by atoms with E-state index >= 15 is 0 Å². The summed E-state index contributed by atoms with van der Waals surface area (Å²) < 4.78 is 1.73. The van der Waals surface area contributed by atoms with E-state index in [9.17, 15) is 0 Å². The van der Waals surface area contributed by atoms with E-state index in [1.807, 2.05) is 0 Å². The molecule has 0 aliphatic rings. The van der Waals surface area contributed by atoms with Crippen molar-refractivity contribution in [3.05, 3.63) is 18.7 Å². The van der Waals surface area contributed by atoms with Crippen LogP contribution in [0.25, 0.3) is 0 Å². The highest BCUT2D eigenvalue weighted by Gasteiger charge is 1.90. The minimum Gasteiger partial charge on any atom is -0.365 e. The highest BCUT2D eigenvalue weighted by Crippen LogP contribution is 1.82. The van der Waals surface area contributed by atoms with Crippen molar-refractivity contribution in [2.45, 2.75) is 0 Å². The number of nitrogens with zero attached hydrogens (tertiary/aromatic N) is 2. The summed E-state index contributed by atoms with van der Waals surface area (Å²) in [5, 5.41) is 3.48. The molecule has 0 aliphatic heterocycles. The first-order valence-corrected chi connectivity index (χ1v) is 2.95. The van der Waals surface area contributed by atoms with Crippen molar-refractivity contribution in [3.8, 4) is 0 Å². The van der Waals surface area contributed by atoms with E-state index < -0.39 is 0 Å². The fourth-order valence-electron chi connectivity index (χ4n) is 0.508. The summed E-state index contributed by atoms with van der Waals surface area (Å²) in [6.07, 6.45) is 5.13. The first-order chi connectivity index (χ1) is 4.34. The van der Waals surface area contributed by atoms with E-state index in [1.165, 1.54) is 0 Å². The molecule has 0 bridgehead atoms. The molecular formula is C5H7N3S. The lowest BCUT2D eigenvalue weighted by Crippen LogP contribution is -2.22. The lowest BCUT2D eigenvalue weighted by Gasteiger charge is -1.99. The molecule has 1 heterocycles. The molecule has 1 aromatic rings. The molecule has 0 spiro atoms. The molecule has 0 aromatic carbocycles. The van der Waals surface area contributed by atoms with Crippen LogP contribution in [0.15, 0.2) is 18.7 Å². The Morgan fingerprint density at radius 3 is 3.00 bits per heavy atom. The summed E-state index contributed by atoms with van der Waals surface area (Å²) in [6, 6.07) is 0. The fourth-order valence-corrected chi connectivity index (χ4v) is 0.616. The van der Waals surface area contributed by atoms with Crippen LogP contribution in [0.3, 0.4) is 0 Å². The molecular weight excluding hydrogens is 134 g/mol. The van der Waals surface area contributed by atoms with Crippen molar-refractivity contribution >= 4 is 17.3 Å². The Balaban J connectivity index is 2.77. The van der Waals surface area contributed by atoms with E-state index in [2.05, 4.69) is 10.3 Å². The summed E-state index contributed by atoms with van der Waals surface area (Å²) in [4.78, 5) is 3.83. The molecule has 0 saturated heterocycles. The van der Waals surface area contributed by atoms with Gasteiger partial charge in [0.05, 0.1) is 0 Å². The Labute approximate surface area is 58.7 Å². The SMILES string of the molecule is CNC(=S)n1ccnc1. The molecule has 0 amide bonds. The van der Waals surface area contributed by atoms with E-state index in [1.54, 1.807) is 30.3 Å². The van der Waals surface area contributed by atoms with Crippen molar-refractivity contribution in [2.75, 3.05) is 7.05 Å². The molecule has 48 valence electrons. The first-order valence-electron chi connectivity index (χ1n) is 2.54. The third kappa shape index (κ3) is 1.26. The van der Waals surface area contributed by atoms with Crippen LogP contribution in [0, 0.1) is 0 Å². The van der Waals surface area contributed by atoms with Crippen molar-refractivity contribution < 1.29 is 0 Å². The maximum absolute atomic E-state index is 4.89. The summed E-state index contributed by atoms with van der Waals surface area (Å²) in [7, 11) is 1.78. The van der Waals surface area contributed by atoms with Crippen LogP contribution >= 0.6 is 12.2 Å². The van der Waals surface area contributed by atoms with Crippen LogP contribution in [0.1, 0.15) is 0 Å². The average Bonchev–Trinajstić information content (AvgIpc) is 2.37. The van der Waals surface area contributed by atoms with Gasteiger partial charge < -0.3 is 5.32 Å². The number of aromatic nitrogens is 2. The molecule has 0 unspecified atom stereocenters. The second kappa shape index (κ2) is 2.59. The smallest absolute Gasteiger partial charge is 0.178 e. The quantitative estimate of drug-likeness (QED) is 0.525. The average molecular weight is 141 g/mol. The molecule has 0 fully saturated rings. The maximum Gasteiger partial charge on any atom is 0.178 e. The van der Waals surface area contributed by atoms with Gasteiger partial charge in [-0.3, -0.25) is 4.57 Å². The van der Waals surface area contributed by atoms with Crippen LogP contribution < -0.4 is 5.32 Å². The third-order valence-electron chi connectivity index (χ3n) is 0.953. The minimum atomic E-state index is 0.660. The zero-order valence-electron chi connectivity index (χ0n) is 5.03. The number of rotatable bonds is 0. The number of nitrogens with one attached hydrogen (secondary N) is 1. The van der Waals surface area contributed by atoms with Crippen molar-refractivity contribution in [2.24, 2.45) is 0 Å². The van der Waals surface area contributed by atoms with Crippen molar-refractivity contribution in [1.82, 2.24) is 14.9 Å². The van der Waals surface area contributed by atoms with E-state index in [-0.39, 0.29) is 0 Å². The summed E-state index contributed by atoms with van der Waals surface area (Å²) >= 11 is 4.89. The lowest BCUT2D eigenvalue weighted by molar-refractivity contribution is 1.04. The number of hydrogen-bond acceptors (Lipinski definition) is 2. The molecule has 1 aromatic heterocycles. The van der Waals surface area contributed by atoms with Crippen LogP contribution in [-0.2, 0) is 0 Å². The van der Waals surface area contributed by atoms with Gasteiger partial charge in [0.2, 0.25) is 0 Å². The van der Waals surface area contributed by atoms with Gasteiger partial charge in [-0.25, -0.2) is 4.98 Å². The summed E-state index contributed by atoms with van der Waals surface area (Å²) in [6.45, 7) is 0. The first kappa shape index (κ1) is 6.22. The molecule has 0 atom stereocenters. The molecule has 1 N–H and O–H groups in total. The summed E-state index contributed by atoms with van der Waals surface area (Å²) in [5.41, 5.74) is 0.